The molecule has 2 heterocycles. The average molecular weight is 270 g/mol. The summed E-state index contributed by atoms with van der Waals surface area (Å²) in [6, 6.07) is 7.81. The number of fused-ring (bicyclic) bond motifs is 1. The molecule has 104 valence electrons. The number of para-hydroxylation sites is 1. The third-order valence-electron chi connectivity index (χ3n) is 3.70. The van der Waals surface area contributed by atoms with Crippen LogP contribution in [0.25, 0.3) is 10.9 Å². The number of nitrogens with one attached hydrogen (secondary N) is 1. The van der Waals surface area contributed by atoms with Crippen LogP contribution in [0.15, 0.2) is 30.6 Å². The maximum atomic E-state index is 12.2. The molecule has 1 amide bonds. The topological polar surface area (TPSA) is 58.1 Å². The number of likely N-dealkylation sites (N-methyl/N-ethyl adjacent to an activating group) is 1. The summed E-state index contributed by atoms with van der Waals surface area (Å²) < 4.78 is 0. The molecule has 3 rings (SSSR count). The Morgan fingerprint density at radius 1 is 1.40 bits per heavy atom. The van der Waals surface area contributed by atoms with E-state index < -0.39 is 0 Å². The fraction of sp³-hybridized carbons (Fsp3) is 0.400. The lowest BCUT2D eigenvalue weighted by Gasteiger charge is -2.25. The first-order chi connectivity index (χ1) is 9.81. The minimum atomic E-state index is -0.117. The molecular formula is C15H18N4O. The van der Waals surface area contributed by atoms with E-state index in [9.17, 15) is 4.79 Å². The van der Waals surface area contributed by atoms with Gasteiger partial charge in [0.1, 0.15) is 18.2 Å². The van der Waals surface area contributed by atoms with Crippen LogP contribution < -0.4 is 10.2 Å². The molecule has 1 unspecified atom stereocenters. The van der Waals surface area contributed by atoms with Gasteiger partial charge in [-0.15, -0.1) is 0 Å². The first-order valence-electron chi connectivity index (χ1n) is 7.05. The second-order valence-electron chi connectivity index (χ2n) is 4.96. The van der Waals surface area contributed by atoms with E-state index in [-0.39, 0.29) is 11.9 Å². The van der Waals surface area contributed by atoms with Gasteiger partial charge >= 0.3 is 0 Å². The molecule has 1 N–H and O–H groups in total. The normalized spacial score (nSPS) is 18.4. The Hall–Kier alpha value is -2.17. The Balaban J connectivity index is 1.99. The molecule has 0 spiro atoms. The van der Waals surface area contributed by atoms with Gasteiger partial charge in [0.15, 0.2) is 0 Å². The van der Waals surface area contributed by atoms with Crippen molar-refractivity contribution >= 4 is 22.6 Å². The van der Waals surface area contributed by atoms with Crippen LogP contribution in [-0.2, 0) is 4.79 Å². The van der Waals surface area contributed by atoms with Crippen molar-refractivity contribution in [2.75, 3.05) is 18.0 Å². The van der Waals surface area contributed by atoms with Crippen LogP contribution in [-0.4, -0.2) is 35.0 Å². The van der Waals surface area contributed by atoms with Gasteiger partial charge in [0, 0.05) is 18.5 Å². The molecule has 1 aliphatic rings. The van der Waals surface area contributed by atoms with E-state index in [1.54, 1.807) is 6.33 Å². The number of anilines is 1. The SMILES string of the molecule is CCNC(=O)C1CCCN1c1ncnc2ccccc12. The van der Waals surface area contributed by atoms with Crippen LogP contribution in [0.1, 0.15) is 19.8 Å². The van der Waals surface area contributed by atoms with Gasteiger partial charge in [0.2, 0.25) is 5.91 Å². The minimum Gasteiger partial charge on any atom is -0.355 e. The summed E-state index contributed by atoms with van der Waals surface area (Å²) in [5, 5.41) is 3.92. The van der Waals surface area contributed by atoms with Crippen molar-refractivity contribution in [3.8, 4) is 0 Å². The van der Waals surface area contributed by atoms with E-state index in [1.165, 1.54) is 0 Å². The number of nitrogens with zero attached hydrogens (tertiary/aromatic N) is 3. The molecule has 1 aliphatic heterocycles. The van der Waals surface area contributed by atoms with Crippen molar-refractivity contribution < 1.29 is 4.79 Å². The summed E-state index contributed by atoms with van der Waals surface area (Å²) in [7, 11) is 0. The summed E-state index contributed by atoms with van der Waals surface area (Å²) >= 11 is 0. The highest BCUT2D eigenvalue weighted by Gasteiger charge is 2.32. The first-order valence-corrected chi connectivity index (χ1v) is 7.05. The van der Waals surface area contributed by atoms with Crippen molar-refractivity contribution in [2.45, 2.75) is 25.8 Å². The Morgan fingerprint density at radius 2 is 2.25 bits per heavy atom. The quantitative estimate of drug-likeness (QED) is 0.923. The zero-order valence-corrected chi connectivity index (χ0v) is 11.5. The van der Waals surface area contributed by atoms with Crippen LogP contribution in [0.4, 0.5) is 5.82 Å². The van der Waals surface area contributed by atoms with E-state index in [4.69, 9.17) is 0 Å². The number of amides is 1. The number of rotatable bonds is 3. The molecule has 20 heavy (non-hydrogen) atoms. The van der Waals surface area contributed by atoms with Crippen LogP contribution in [0.3, 0.4) is 0 Å². The Kier molecular flexibility index (Phi) is 3.50. The van der Waals surface area contributed by atoms with Crippen LogP contribution in [0.5, 0.6) is 0 Å². The second kappa shape index (κ2) is 5.45. The summed E-state index contributed by atoms with van der Waals surface area (Å²) in [6.07, 6.45) is 3.47. The van der Waals surface area contributed by atoms with Gasteiger partial charge < -0.3 is 10.2 Å². The predicted octanol–water partition coefficient (Wildman–Crippen LogP) is 1.73. The van der Waals surface area contributed by atoms with Gasteiger partial charge in [-0.1, -0.05) is 12.1 Å². The Labute approximate surface area is 118 Å². The summed E-state index contributed by atoms with van der Waals surface area (Å²) in [6.45, 7) is 3.47. The second-order valence-corrected chi connectivity index (χ2v) is 4.96. The Morgan fingerprint density at radius 3 is 3.10 bits per heavy atom. The number of aromatic nitrogens is 2. The molecule has 1 aromatic carbocycles. The predicted molar refractivity (Wildman–Crippen MR) is 78.6 cm³/mol. The third-order valence-corrected chi connectivity index (χ3v) is 3.70. The van der Waals surface area contributed by atoms with E-state index >= 15 is 0 Å². The zero-order valence-electron chi connectivity index (χ0n) is 11.5. The Bertz CT molecular complexity index is 623. The van der Waals surface area contributed by atoms with Crippen molar-refractivity contribution in [2.24, 2.45) is 0 Å². The smallest absolute Gasteiger partial charge is 0.242 e. The largest absolute Gasteiger partial charge is 0.355 e. The molecule has 2 aromatic rings. The van der Waals surface area contributed by atoms with Gasteiger partial charge in [-0.25, -0.2) is 9.97 Å². The molecule has 0 saturated carbocycles. The molecule has 0 radical (unpaired) electrons. The molecular weight excluding hydrogens is 252 g/mol. The van der Waals surface area contributed by atoms with Crippen molar-refractivity contribution in [3.05, 3.63) is 30.6 Å². The monoisotopic (exact) mass is 270 g/mol. The van der Waals surface area contributed by atoms with Crippen molar-refractivity contribution in [3.63, 3.8) is 0 Å². The molecule has 5 heteroatoms. The van der Waals surface area contributed by atoms with Crippen LogP contribution in [0.2, 0.25) is 0 Å². The molecule has 5 nitrogen and oxygen atoms in total. The zero-order chi connectivity index (χ0) is 13.9. The molecule has 1 saturated heterocycles. The average Bonchev–Trinajstić information content (AvgIpc) is 2.96. The lowest BCUT2D eigenvalue weighted by Crippen LogP contribution is -2.43. The van der Waals surface area contributed by atoms with E-state index in [0.29, 0.717) is 6.54 Å². The maximum absolute atomic E-state index is 12.2. The summed E-state index contributed by atoms with van der Waals surface area (Å²) in [4.78, 5) is 23.0. The van der Waals surface area contributed by atoms with E-state index in [1.807, 2.05) is 31.2 Å². The van der Waals surface area contributed by atoms with Gasteiger partial charge in [0.25, 0.3) is 0 Å². The molecule has 1 fully saturated rings. The maximum Gasteiger partial charge on any atom is 0.242 e. The van der Waals surface area contributed by atoms with Crippen molar-refractivity contribution in [1.29, 1.82) is 0 Å². The third kappa shape index (κ3) is 2.19. The lowest BCUT2D eigenvalue weighted by atomic mass is 10.2. The molecule has 1 atom stereocenters. The van der Waals surface area contributed by atoms with E-state index in [2.05, 4.69) is 20.2 Å². The number of benzene rings is 1. The lowest BCUT2D eigenvalue weighted by molar-refractivity contribution is -0.122. The number of hydrogen-bond acceptors (Lipinski definition) is 4. The molecule has 1 aromatic heterocycles. The highest BCUT2D eigenvalue weighted by atomic mass is 16.2. The van der Waals surface area contributed by atoms with E-state index in [0.717, 1.165) is 36.1 Å². The summed E-state index contributed by atoms with van der Waals surface area (Å²) in [5.74, 6) is 0.956. The van der Waals surface area contributed by atoms with Crippen LogP contribution in [0, 0.1) is 0 Å². The van der Waals surface area contributed by atoms with Crippen LogP contribution >= 0.6 is 0 Å². The number of carbonyl (C=O) groups is 1. The minimum absolute atomic E-state index is 0.0905. The standard InChI is InChI=1S/C15H18N4O/c1-2-16-15(20)13-8-5-9-19(13)14-11-6-3-4-7-12(11)17-10-18-14/h3-4,6-7,10,13H,2,5,8-9H2,1H3,(H,16,20). The van der Waals surface area contributed by atoms with Crippen molar-refractivity contribution in [1.82, 2.24) is 15.3 Å². The van der Waals surface area contributed by atoms with Gasteiger partial charge in [0.05, 0.1) is 5.52 Å². The number of carbonyl (C=O) groups excluding carboxylic acids is 1. The fourth-order valence-electron chi connectivity index (χ4n) is 2.80. The van der Waals surface area contributed by atoms with Gasteiger partial charge in [-0.05, 0) is 31.9 Å². The molecule has 0 bridgehead atoms. The highest BCUT2D eigenvalue weighted by molar-refractivity contribution is 5.93. The highest BCUT2D eigenvalue weighted by Crippen LogP contribution is 2.29. The van der Waals surface area contributed by atoms with Gasteiger partial charge in [-0.2, -0.15) is 0 Å². The summed E-state index contributed by atoms with van der Waals surface area (Å²) in [5.41, 5.74) is 0.916. The fourth-order valence-corrected chi connectivity index (χ4v) is 2.80. The molecule has 0 aliphatic carbocycles. The number of hydrogen-bond donors (Lipinski definition) is 1. The first kappa shape index (κ1) is 12.8. The van der Waals surface area contributed by atoms with Gasteiger partial charge in [-0.3, -0.25) is 4.79 Å².